The Morgan fingerprint density at radius 2 is 1.29 bits per heavy atom. The standard InChI is InChI=1S/C29H21F2N3O4/c30-18-6-10-21(11-7-18)33-26-24(28(37)34(29(33)38)22-12-8-19(31)9-13-22)25(35)23(16-17-4-2-1-3-5-17)27(36)32(26)20-14-15-20/h1-13,20,35H,14-16H2. The van der Waals surface area contributed by atoms with Crippen LogP contribution in [0.2, 0.25) is 0 Å². The number of hydrogen-bond acceptors (Lipinski definition) is 4. The van der Waals surface area contributed by atoms with E-state index in [4.69, 9.17) is 0 Å². The van der Waals surface area contributed by atoms with Gasteiger partial charge >= 0.3 is 5.69 Å². The van der Waals surface area contributed by atoms with E-state index < -0.39 is 34.2 Å². The Hall–Kier alpha value is -4.79. The maximum Gasteiger partial charge on any atom is 0.341 e. The van der Waals surface area contributed by atoms with Crippen molar-refractivity contribution < 1.29 is 13.9 Å². The molecule has 1 aliphatic rings. The van der Waals surface area contributed by atoms with Crippen LogP contribution in [0, 0.1) is 11.6 Å². The molecule has 0 aliphatic heterocycles. The Balaban J connectivity index is 1.79. The normalized spacial score (nSPS) is 13.2. The third kappa shape index (κ3) is 3.83. The largest absolute Gasteiger partial charge is 0.506 e. The van der Waals surface area contributed by atoms with Gasteiger partial charge in [0.05, 0.1) is 16.9 Å². The zero-order valence-corrected chi connectivity index (χ0v) is 20.0. The Morgan fingerprint density at radius 3 is 1.84 bits per heavy atom. The van der Waals surface area contributed by atoms with Crippen molar-refractivity contribution in [1.82, 2.24) is 13.7 Å². The van der Waals surface area contributed by atoms with E-state index in [2.05, 4.69) is 0 Å². The van der Waals surface area contributed by atoms with Crippen LogP contribution in [0.1, 0.15) is 30.0 Å². The molecule has 0 atom stereocenters. The fourth-order valence-corrected chi connectivity index (χ4v) is 4.80. The molecule has 9 heteroatoms. The molecule has 1 aliphatic carbocycles. The van der Waals surface area contributed by atoms with Crippen LogP contribution in [0.5, 0.6) is 5.75 Å². The second-order valence-corrected chi connectivity index (χ2v) is 9.31. The number of halogens is 2. The van der Waals surface area contributed by atoms with Gasteiger partial charge in [0.25, 0.3) is 11.1 Å². The molecule has 190 valence electrons. The Bertz CT molecular complexity index is 1870. The highest BCUT2D eigenvalue weighted by atomic mass is 19.1. The predicted octanol–water partition coefficient (Wildman–Crippen LogP) is 4.21. The van der Waals surface area contributed by atoms with Crippen molar-refractivity contribution in [2.75, 3.05) is 0 Å². The maximum absolute atomic E-state index is 13.9. The molecule has 2 heterocycles. The van der Waals surface area contributed by atoms with Gasteiger partial charge in [-0.3, -0.25) is 14.2 Å². The van der Waals surface area contributed by atoms with Crippen LogP contribution >= 0.6 is 0 Å². The number of aromatic hydroxyl groups is 1. The fraction of sp³-hybridized carbons (Fsp3) is 0.138. The van der Waals surface area contributed by atoms with E-state index in [0.717, 1.165) is 39.0 Å². The molecule has 1 saturated carbocycles. The van der Waals surface area contributed by atoms with Crippen molar-refractivity contribution in [3.8, 4) is 17.1 Å². The lowest BCUT2D eigenvalue weighted by molar-refractivity contribution is 0.470. The molecule has 7 nitrogen and oxygen atoms in total. The van der Waals surface area contributed by atoms with E-state index in [1.54, 1.807) is 24.3 Å². The number of nitrogens with zero attached hydrogens (tertiary/aromatic N) is 3. The van der Waals surface area contributed by atoms with Gasteiger partial charge in [0.1, 0.15) is 28.4 Å². The quantitative estimate of drug-likeness (QED) is 0.382. The van der Waals surface area contributed by atoms with Crippen molar-refractivity contribution >= 4 is 11.0 Å². The van der Waals surface area contributed by atoms with Crippen LogP contribution in [0.15, 0.2) is 93.2 Å². The van der Waals surface area contributed by atoms with Gasteiger partial charge in [0, 0.05) is 12.5 Å². The Kier molecular flexibility index (Phi) is 5.56. The molecule has 0 amide bonds. The third-order valence-corrected chi connectivity index (χ3v) is 6.77. The average molecular weight is 514 g/mol. The first-order valence-electron chi connectivity index (χ1n) is 12.1. The molecule has 1 fully saturated rings. The van der Waals surface area contributed by atoms with Gasteiger partial charge in [0.15, 0.2) is 0 Å². The molecular weight excluding hydrogens is 492 g/mol. The summed E-state index contributed by atoms with van der Waals surface area (Å²) in [6, 6.07) is 18.6. The minimum absolute atomic E-state index is 0.0302. The van der Waals surface area contributed by atoms with Crippen LogP contribution in [-0.2, 0) is 6.42 Å². The first-order valence-corrected chi connectivity index (χ1v) is 12.1. The molecular formula is C29H21F2N3O4. The lowest BCUT2D eigenvalue weighted by Crippen LogP contribution is -2.41. The van der Waals surface area contributed by atoms with Gasteiger partial charge in [-0.15, -0.1) is 0 Å². The van der Waals surface area contributed by atoms with E-state index in [-0.39, 0.29) is 40.4 Å². The average Bonchev–Trinajstić information content (AvgIpc) is 3.74. The van der Waals surface area contributed by atoms with E-state index in [9.17, 15) is 28.3 Å². The summed E-state index contributed by atoms with van der Waals surface area (Å²) in [6.07, 6.45) is 1.38. The predicted molar refractivity (Wildman–Crippen MR) is 139 cm³/mol. The summed E-state index contributed by atoms with van der Waals surface area (Å²) in [7, 11) is 0. The first-order chi connectivity index (χ1) is 18.3. The molecule has 3 aromatic carbocycles. The highest BCUT2D eigenvalue weighted by molar-refractivity contribution is 5.85. The van der Waals surface area contributed by atoms with E-state index in [1.807, 2.05) is 6.07 Å². The minimum Gasteiger partial charge on any atom is -0.506 e. The monoisotopic (exact) mass is 513 g/mol. The number of rotatable bonds is 5. The zero-order valence-electron chi connectivity index (χ0n) is 20.0. The van der Waals surface area contributed by atoms with E-state index in [0.29, 0.717) is 12.8 Å². The number of fused-ring (bicyclic) bond motifs is 1. The van der Waals surface area contributed by atoms with Crippen LogP contribution in [0.25, 0.3) is 22.4 Å². The van der Waals surface area contributed by atoms with Gasteiger partial charge in [-0.2, -0.15) is 0 Å². The summed E-state index contributed by atoms with van der Waals surface area (Å²) < 4.78 is 30.8. The van der Waals surface area contributed by atoms with Crippen molar-refractivity contribution in [3.63, 3.8) is 0 Å². The van der Waals surface area contributed by atoms with Gasteiger partial charge < -0.3 is 5.11 Å². The van der Waals surface area contributed by atoms with Crippen LogP contribution < -0.4 is 16.8 Å². The molecule has 6 rings (SSSR count). The molecule has 0 spiro atoms. The Labute approximate surface area is 214 Å². The minimum atomic E-state index is -0.851. The molecule has 0 saturated heterocycles. The Morgan fingerprint density at radius 1 is 0.737 bits per heavy atom. The van der Waals surface area contributed by atoms with E-state index in [1.165, 1.54) is 28.8 Å². The van der Waals surface area contributed by atoms with Crippen LogP contribution in [0.4, 0.5) is 8.78 Å². The van der Waals surface area contributed by atoms with Gasteiger partial charge in [0.2, 0.25) is 0 Å². The second-order valence-electron chi connectivity index (χ2n) is 9.31. The molecule has 0 unspecified atom stereocenters. The highest BCUT2D eigenvalue weighted by Gasteiger charge is 2.33. The van der Waals surface area contributed by atoms with Gasteiger partial charge in [-0.25, -0.2) is 22.7 Å². The molecule has 0 bridgehead atoms. The molecule has 1 N–H and O–H groups in total. The fourth-order valence-electron chi connectivity index (χ4n) is 4.80. The second kappa shape index (κ2) is 8.95. The molecule has 2 aromatic heterocycles. The summed E-state index contributed by atoms with van der Waals surface area (Å²) >= 11 is 0. The number of aromatic nitrogens is 3. The summed E-state index contributed by atoms with van der Waals surface area (Å²) in [6.45, 7) is 0. The first kappa shape index (κ1) is 23.6. The molecule has 0 radical (unpaired) electrons. The highest BCUT2D eigenvalue weighted by Crippen LogP contribution is 2.38. The summed E-state index contributed by atoms with van der Waals surface area (Å²) in [4.78, 5) is 41.7. The molecule has 38 heavy (non-hydrogen) atoms. The topological polar surface area (TPSA) is 86.2 Å². The third-order valence-electron chi connectivity index (χ3n) is 6.77. The molecule has 5 aromatic rings. The summed E-state index contributed by atoms with van der Waals surface area (Å²) in [5.41, 5.74) is -1.20. The van der Waals surface area contributed by atoms with Crippen LogP contribution in [0.3, 0.4) is 0 Å². The summed E-state index contributed by atoms with van der Waals surface area (Å²) in [5.74, 6) is -1.62. The lowest BCUT2D eigenvalue weighted by atomic mass is 10.0. The van der Waals surface area contributed by atoms with Gasteiger partial charge in [-0.05, 0) is 66.9 Å². The van der Waals surface area contributed by atoms with Crippen molar-refractivity contribution in [3.05, 3.63) is 133 Å². The van der Waals surface area contributed by atoms with Crippen molar-refractivity contribution in [2.45, 2.75) is 25.3 Å². The van der Waals surface area contributed by atoms with E-state index >= 15 is 0 Å². The number of hydrogen-bond donors (Lipinski definition) is 1. The van der Waals surface area contributed by atoms with Crippen molar-refractivity contribution in [2.24, 2.45) is 0 Å². The summed E-state index contributed by atoms with van der Waals surface area (Å²) in [5, 5.41) is 11.2. The number of pyridine rings is 1. The zero-order chi connectivity index (χ0) is 26.6. The maximum atomic E-state index is 13.9. The SMILES string of the molecule is O=c1c2c(O)c(Cc3ccccc3)c(=O)n(C3CC3)c2n(-c2ccc(F)cc2)c(=O)n1-c1ccc(F)cc1. The smallest absolute Gasteiger partial charge is 0.341 e. The van der Waals surface area contributed by atoms with Crippen LogP contribution in [-0.4, -0.2) is 18.8 Å². The van der Waals surface area contributed by atoms with Crippen molar-refractivity contribution in [1.29, 1.82) is 0 Å². The van der Waals surface area contributed by atoms with Gasteiger partial charge in [-0.1, -0.05) is 30.3 Å². The number of benzene rings is 3. The lowest BCUT2D eigenvalue weighted by Gasteiger charge is -2.20.